The second-order valence-electron chi connectivity index (χ2n) is 2.16. The Morgan fingerprint density at radius 3 is 1.67 bits per heavy atom. The molecule has 0 heterocycles. The normalized spacial score (nSPS) is 8.22. The largest absolute Gasteiger partial charge is 0.0617 e. The molecule has 0 nitrogen and oxygen atoms in total. The average molecular weight is 202 g/mol. The summed E-state index contributed by atoms with van der Waals surface area (Å²) in [7, 11) is 0. The predicted octanol–water partition coefficient (Wildman–Crippen LogP) is 2.30. The van der Waals surface area contributed by atoms with Crippen molar-refractivity contribution in [1.29, 1.82) is 0 Å². The predicted molar refractivity (Wildman–Crippen MR) is 35.9 cm³/mol. The van der Waals surface area contributed by atoms with Gasteiger partial charge in [-0.3, -0.25) is 0 Å². The zero-order valence-electron chi connectivity index (χ0n) is 5.72. The zero-order chi connectivity index (χ0) is 5.98. The minimum Gasteiger partial charge on any atom is -0.0617 e. The summed E-state index contributed by atoms with van der Waals surface area (Å²) in [6, 6.07) is 8.45. The molecule has 0 radical (unpaired) electrons. The Morgan fingerprint density at radius 1 is 1.00 bits per heavy atom. The third kappa shape index (κ3) is 2.81. The molecular formula is C8H10Mo. The van der Waals surface area contributed by atoms with Gasteiger partial charge in [-0.25, -0.2) is 0 Å². The molecule has 0 bridgehead atoms. The fraction of sp³-hybridized carbons (Fsp3) is 0.250. The van der Waals surface area contributed by atoms with E-state index in [1.165, 1.54) is 11.1 Å². The van der Waals surface area contributed by atoms with Crippen LogP contribution in [-0.2, 0) is 21.1 Å². The van der Waals surface area contributed by atoms with E-state index in [2.05, 4.69) is 38.1 Å². The van der Waals surface area contributed by atoms with Crippen LogP contribution in [0, 0.1) is 13.8 Å². The fourth-order valence-corrected chi connectivity index (χ4v) is 0.807. The molecule has 0 saturated heterocycles. The number of rotatable bonds is 0. The van der Waals surface area contributed by atoms with Crippen molar-refractivity contribution >= 4 is 0 Å². The molecule has 9 heavy (non-hydrogen) atoms. The van der Waals surface area contributed by atoms with Gasteiger partial charge in [0.25, 0.3) is 0 Å². The van der Waals surface area contributed by atoms with Crippen molar-refractivity contribution in [3.05, 3.63) is 35.4 Å². The smallest absolute Gasteiger partial charge is 0 e. The maximum absolute atomic E-state index is 2.17. The molecule has 0 aliphatic carbocycles. The summed E-state index contributed by atoms with van der Waals surface area (Å²) < 4.78 is 0. The summed E-state index contributed by atoms with van der Waals surface area (Å²) in [4.78, 5) is 0. The van der Waals surface area contributed by atoms with E-state index >= 15 is 0 Å². The van der Waals surface area contributed by atoms with Crippen molar-refractivity contribution in [2.24, 2.45) is 0 Å². The second-order valence-corrected chi connectivity index (χ2v) is 2.16. The van der Waals surface area contributed by atoms with Gasteiger partial charge in [-0.15, -0.1) is 0 Å². The number of aryl methyl sites for hydroxylation is 2. The van der Waals surface area contributed by atoms with Gasteiger partial charge in [0.1, 0.15) is 0 Å². The van der Waals surface area contributed by atoms with Crippen molar-refractivity contribution in [3.8, 4) is 0 Å². The topological polar surface area (TPSA) is 0 Å². The minimum absolute atomic E-state index is 0. The molecule has 1 aromatic carbocycles. The molecule has 0 spiro atoms. The van der Waals surface area contributed by atoms with Crippen molar-refractivity contribution < 1.29 is 21.1 Å². The van der Waals surface area contributed by atoms with E-state index in [1.807, 2.05) is 0 Å². The summed E-state index contributed by atoms with van der Waals surface area (Å²) >= 11 is 0. The Labute approximate surface area is 70.5 Å². The van der Waals surface area contributed by atoms with E-state index in [0.29, 0.717) is 0 Å². The van der Waals surface area contributed by atoms with E-state index < -0.39 is 0 Å². The van der Waals surface area contributed by atoms with Crippen LogP contribution in [0.5, 0.6) is 0 Å². The molecule has 0 amide bonds. The van der Waals surface area contributed by atoms with E-state index in [1.54, 1.807) is 0 Å². The summed E-state index contributed by atoms with van der Waals surface area (Å²) in [5.41, 5.74) is 2.68. The summed E-state index contributed by atoms with van der Waals surface area (Å²) in [5.74, 6) is 0. The van der Waals surface area contributed by atoms with Crippen molar-refractivity contribution in [2.45, 2.75) is 13.8 Å². The molecule has 0 N–H and O–H groups in total. The first-order valence-corrected chi connectivity index (χ1v) is 2.82. The first-order valence-electron chi connectivity index (χ1n) is 2.82. The van der Waals surface area contributed by atoms with Crippen LogP contribution in [0.4, 0.5) is 0 Å². The fourth-order valence-electron chi connectivity index (χ4n) is 0.807. The maximum atomic E-state index is 2.17. The Hall–Kier alpha value is -0.0917. The molecule has 0 saturated carbocycles. The molecule has 0 unspecified atom stereocenters. The number of hydrogen-bond acceptors (Lipinski definition) is 0. The van der Waals surface area contributed by atoms with Crippen LogP contribution in [-0.4, -0.2) is 0 Å². The molecule has 1 heteroatoms. The van der Waals surface area contributed by atoms with Gasteiger partial charge in [0.15, 0.2) is 0 Å². The molecule has 0 atom stereocenters. The Morgan fingerprint density at radius 2 is 1.44 bits per heavy atom. The SMILES string of the molecule is Cc1cccc(C)c1.[Mo]. The summed E-state index contributed by atoms with van der Waals surface area (Å²) in [6.07, 6.45) is 0. The van der Waals surface area contributed by atoms with Crippen molar-refractivity contribution in [1.82, 2.24) is 0 Å². The Kier molecular flexibility index (Phi) is 3.81. The molecule has 1 aromatic rings. The van der Waals surface area contributed by atoms with Crippen LogP contribution < -0.4 is 0 Å². The van der Waals surface area contributed by atoms with E-state index in [-0.39, 0.29) is 21.1 Å². The number of hydrogen-bond donors (Lipinski definition) is 0. The van der Waals surface area contributed by atoms with Gasteiger partial charge >= 0.3 is 0 Å². The van der Waals surface area contributed by atoms with Gasteiger partial charge in [0.2, 0.25) is 0 Å². The minimum atomic E-state index is 0. The molecular weight excluding hydrogens is 192 g/mol. The van der Waals surface area contributed by atoms with Gasteiger partial charge in [0, 0.05) is 21.1 Å². The van der Waals surface area contributed by atoms with Crippen molar-refractivity contribution in [3.63, 3.8) is 0 Å². The second kappa shape index (κ2) is 3.84. The van der Waals surface area contributed by atoms with Crippen LogP contribution >= 0.6 is 0 Å². The molecule has 0 aliphatic heterocycles. The van der Waals surface area contributed by atoms with E-state index in [4.69, 9.17) is 0 Å². The van der Waals surface area contributed by atoms with Crippen LogP contribution in [0.25, 0.3) is 0 Å². The third-order valence-corrected chi connectivity index (χ3v) is 1.17. The van der Waals surface area contributed by atoms with Gasteiger partial charge in [-0.05, 0) is 13.8 Å². The van der Waals surface area contributed by atoms with Gasteiger partial charge in [0.05, 0.1) is 0 Å². The molecule has 0 fully saturated rings. The first-order chi connectivity index (χ1) is 3.79. The third-order valence-electron chi connectivity index (χ3n) is 1.17. The van der Waals surface area contributed by atoms with E-state index in [9.17, 15) is 0 Å². The first kappa shape index (κ1) is 8.91. The van der Waals surface area contributed by atoms with Crippen LogP contribution in [0.2, 0.25) is 0 Å². The monoisotopic (exact) mass is 204 g/mol. The summed E-state index contributed by atoms with van der Waals surface area (Å²) in [6.45, 7) is 4.21. The van der Waals surface area contributed by atoms with E-state index in [0.717, 1.165) is 0 Å². The van der Waals surface area contributed by atoms with Crippen LogP contribution in [0.1, 0.15) is 11.1 Å². The van der Waals surface area contributed by atoms with Gasteiger partial charge in [-0.2, -0.15) is 0 Å². The van der Waals surface area contributed by atoms with Gasteiger partial charge in [-0.1, -0.05) is 35.4 Å². The van der Waals surface area contributed by atoms with Gasteiger partial charge < -0.3 is 0 Å². The average Bonchev–Trinajstić information content (AvgIpc) is 1.64. The molecule has 0 aliphatic rings. The standard InChI is InChI=1S/C8H10.Mo/c1-7-4-3-5-8(2)6-7;/h3-6H,1-2H3;. The van der Waals surface area contributed by atoms with Crippen LogP contribution in [0.15, 0.2) is 24.3 Å². The molecule has 48 valence electrons. The molecule has 0 aromatic heterocycles. The maximum Gasteiger partial charge on any atom is 0 e. The quantitative estimate of drug-likeness (QED) is 0.566. The van der Waals surface area contributed by atoms with Crippen molar-refractivity contribution in [2.75, 3.05) is 0 Å². The Bertz CT molecular complexity index is 164. The summed E-state index contributed by atoms with van der Waals surface area (Å²) in [5, 5.41) is 0. The zero-order valence-corrected chi connectivity index (χ0v) is 7.72. The Balaban J connectivity index is 0.000000640. The molecule has 1 rings (SSSR count). The van der Waals surface area contributed by atoms with Crippen LogP contribution in [0.3, 0.4) is 0 Å². The number of benzene rings is 1.